The van der Waals surface area contributed by atoms with Gasteiger partial charge in [0.05, 0.1) is 0 Å². The molecule has 0 amide bonds. The highest BCUT2D eigenvalue weighted by molar-refractivity contribution is 5.72. The van der Waals surface area contributed by atoms with Crippen molar-refractivity contribution in [1.82, 2.24) is 4.98 Å². The molecule has 90 valence electrons. The van der Waals surface area contributed by atoms with Crippen molar-refractivity contribution in [3.63, 3.8) is 0 Å². The molecule has 2 nitrogen and oxygen atoms in total. The lowest BCUT2D eigenvalue weighted by atomic mass is 9.81. The maximum Gasteiger partial charge on any atom is 0.198 e. The third kappa shape index (κ3) is 2.08. The van der Waals surface area contributed by atoms with Gasteiger partial charge in [0.1, 0.15) is 5.52 Å². The highest BCUT2D eigenvalue weighted by atomic mass is 16.3. The number of para-hydroxylation sites is 2. The number of rotatable bonds is 2. The normalized spacial score (nSPS) is 25.2. The van der Waals surface area contributed by atoms with Gasteiger partial charge in [-0.25, -0.2) is 4.98 Å². The zero-order chi connectivity index (χ0) is 11.7. The van der Waals surface area contributed by atoms with E-state index in [2.05, 4.69) is 11.9 Å². The van der Waals surface area contributed by atoms with Crippen molar-refractivity contribution in [2.45, 2.75) is 44.9 Å². The van der Waals surface area contributed by atoms with E-state index in [1.165, 1.54) is 32.1 Å². The van der Waals surface area contributed by atoms with E-state index >= 15 is 0 Å². The fraction of sp³-hybridized carbons (Fsp3) is 0.533. The maximum absolute atomic E-state index is 5.87. The van der Waals surface area contributed by atoms with Gasteiger partial charge in [0.2, 0.25) is 0 Å². The first-order valence-electron chi connectivity index (χ1n) is 6.72. The molecular formula is C15H19NO. The summed E-state index contributed by atoms with van der Waals surface area (Å²) in [5.41, 5.74) is 1.93. The van der Waals surface area contributed by atoms with Crippen molar-refractivity contribution >= 4 is 11.1 Å². The fourth-order valence-electron chi connectivity index (χ4n) is 2.88. The van der Waals surface area contributed by atoms with Crippen LogP contribution in [-0.2, 0) is 0 Å². The van der Waals surface area contributed by atoms with Crippen LogP contribution >= 0.6 is 0 Å². The number of fused-ring (bicyclic) bond motifs is 1. The molecule has 1 aliphatic rings. The first-order chi connectivity index (χ1) is 8.36. The summed E-state index contributed by atoms with van der Waals surface area (Å²) in [4.78, 5) is 4.62. The van der Waals surface area contributed by atoms with Crippen molar-refractivity contribution < 1.29 is 4.42 Å². The van der Waals surface area contributed by atoms with Gasteiger partial charge in [0.15, 0.2) is 11.5 Å². The van der Waals surface area contributed by atoms with E-state index in [0.29, 0.717) is 5.92 Å². The molecule has 0 atom stereocenters. The summed E-state index contributed by atoms with van der Waals surface area (Å²) >= 11 is 0. The van der Waals surface area contributed by atoms with Crippen LogP contribution in [0.15, 0.2) is 28.7 Å². The van der Waals surface area contributed by atoms with Crippen LogP contribution < -0.4 is 0 Å². The molecule has 0 aliphatic heterocycles. The zero-order valence-electron chi connectivity index (χ0n) is 10.4. The summed E-state index contributed by atoms with van der Waals surface area (Å²) in [6.45, 7) is 2.30. The maximum atomic E-state index is 5.87. The Labute approximate surface area is 102 Å². The number of hydrogen-bond donors (Lipinski definition) is 0. The molecule has 1 aliphatic carbocycles. The van der Waals surface area contributed by atoms with E-state index < -0.39 is 0 Å². The lowest BCUT2D eigenvalue weighted by molar-refractivity contribution is 0.291. The van der Waals surface area contributed by atoms with Crippen LogP contribution in [0.2, 0.25) is 0 Å². The van der Waals surface area contributed by atoms with Gasteiger partial charge < -0.3 is 4.42 Å². The van der Waals surface area contributed by atoms with Crippen molar-refractivity contribution in [3.8, 4) is 0 Å². The topological polar surface area (TPSA) is 26.0 Å². The molecule has 0 N–H and O–H groups in total. The minimum Gasteiger partial charge on any atom is -0.440 e. The van der Waals surface area contributed by atoms with Gasteiger partial charge in [0, 0.05) is 5.92 Å². The van der Waals surface area contributed by atoms with E-state index in [0.717, 1.165) is 22.9 Å². The van der Waals surface area contributed by atoms with Crippen molar-refractivity contribution in [3.05, 3.63) is 30.2 Å². The SMILES string of the molecule is CCC1CCC(c2nc3ccccc3o2)CC1. The average Bonchev–Trinajstić information content (AvgIpc) is 2.82. The molecule has 1 heterocycles. The van der Waals surface area contributed by atoms with E-state index in [1.807, 2.05) is 24.3 Å². The summed E-state index contributed by atoms with van der Waals surface area (Å²) in [5.74, 6) is 2.43. The average molecular weight is 229 g/mol. The van der Waals surface area contributed by atoms with Crippen molar-refractivity contribution in [2.24, 2.45) is 5.92 Å². The molecular weight excluding hydrogens is 210 g/mol. The minimum atomic E-state index is 0.546. The third-order valence-electron chi connectivity index (χ3n) is 4.08. The summed E-state index contributed by atoms with van der Waals surface area (Å²) in [7, 11) is 0. The van der Waals surface area contributed by atoms with E-state index in [4.69, 9.17) is 4.42 Å². The Morgan fingerprint density at radius 3 is 2.65 bits per heavy atom. The molecule has 0 bridgehead atoms. The Morgan fingerprint density at radius 1 is 1.18 bits per heavy atom. The van der Waals surface area contributed by atoms with Crippen LogP contribution in [0.5, 0.6) is 0 Å². The van der Waals surface area contributed by atoms with Crippen LogP contribution in [0.3, 0.4) is 0 Å². The monoisotopic (exact) mass is 229 g/mol. The molecule has 2 heteroatoms. The Bertz CT molecular complexity index is 461. The second-order valence-corrected chi connectivity index (χ2v) is 5.15. The molecule has 0 radical (unpaired) electrons. The second-order valence-electron chi connectivity index (χ2n) is 5.15. The van der Waals surface area contributed by atoms with Crippen molar-refractivity contribution in [1.29, 1.82) is 0 Å². The first kappa shape index (κ1) is 10.8. The number of benzene rings is 1. The molecule has 3 rings (SSSR count). The van der Waals surface area contributed by atoms with Gasteiger partial charge >= 0.3 is 0 Å². The van der Waals surface area contributed by atoms with Crippen LogP contribution in [-0.4, -0.2) is 4.98 Å². The summed E-state index contributed by atoms with van der Waals surface area (Å²) in [6.07, 6.45) is 6.47. The van der Waals surface area contributed by atoms with Gasteiger partial charge in [-0.1, -0.05) is 25.5 Å². The molecule has 0 spiro atoms. The largest absolute Gasteiger partial charge is 0.440 e. The zero-order valence-corrected chi connectivity index (χ0v) is 10.4. The number of nitrogens with zero attached hydrogens (tertiary/aromatic N) is 1. The fourth-order valence-corrected chi connectivity index (χ4v) is 2.88. The predicted octanol–water partition coefficient (Wildman–Crippen LogP) is 4.51. The van der Waals surface area contributed by atoms with Crippen LogP contribution in [0, 0.1) is 5.92 Å². The summed E-state index contributed by atoms with van der Waals surface area (Å²) in [5, 5.41) is 0. The lowest BCUT2D eigenvalue weighted by Gasteiger charge is -2.25. The Morgan fingerprint density at radius 2 is 1.94 bits per heavy atom. The Balaban J connectivity index is 1.80. The quantitative estimate of drug-likeness (QED) is 0.757. The van der Waals surface area contributed by atoms with Crippen LogP contribution in [0.25, 0.3) is 11.1 Å². The van der Waals surface area contributed by atoms with E-state index in [-0.39, 0.29) is 0 Å². The molecule has 2 aromatic rings. The van der Waals surface area contributed by atoms with Gasteiger partial charge in [-0.3, -0.25) is 0 Å². The van der Waals surface area contributed by atoms with Gasteiger partial charge in [-0.15, -0.1) is 0 Å². The molecule has 17 heavy (non-hydrogen) atoms. The van der Waals surface area contributed by atoms with Gasteiger partial charge in [0.25, 0.3) is 0 Å². The number of hydrogen-bond acceptors (Lipinski definition) is 2. The Hall–Kier alpha value is -1.31. The van der Waals surface area contributed by atoms with Crippen LogP contribution in [0.1, 0.15) is 50.8 Å². The number of aromatic nitrogens is 1. The molecule has 1 fully saturated rings. The number of oxazole rings is 1. The van der Waals surface area contributed by atoms with Gasteiger partial charge in [-0.2, -0.15) is 0 Å². The minimum absolute atomic E-state index is 0.546. The lowest BCUT2D eigenvalue weighted by Crippen LogP contribution is -2.12. The smallest absolute Gasteiger partial charge is 0.198 e. The van der Waals surface area contributed by atoms with Gasteiger partial charge in [-0.05, 0) is 43.7 Å². The first-order valence-corrected chi connectivity index (χ1v) is 6.72. The Kier molecular flexibility index (Phi) is 2.87. The highest BCUT2D eigenvalue weighted by Crippen LogP contribution is 2.37. The predicted molar refractivity (Wildman–Crippen MR) is 69.0 cm³/mol. The molecule has 1 aromatic heterocycles. The molecule has 1 aromatic carbocycles. The van der Waals surface area contributed by atoms with Crippen LogP contribution in [0.4, 0.5) is 0 Å². The highest BCUT2D eigenvalue weighted by Gasteiger charge is 2.24. The van der Waals surface area contributed by atoms with Crippen molar-refractivity contribution in [2.75, 3.05) is 0 Å². The summed E-state index contributed by atoms with van der Waals surface area (Å²) < 4.78 is 5.87. The second kappa shape index (κ2) is 4.52. The third-order valence-corrected chi connectivity index (χ3v) is 4.08. The molecule has 0 unspecified atom stereocenters. The molecule has 1 saturated carbocycles. The molecule has 0 saturated heterocycles. The summed E-state index contributed by atoms with van der Waals surface area (Å²) in [6, 6.07) is 8.05. The van der Waals surface area contributed by atoms with E-state index in [9.17, 15) is 0 Å². The standard InChI is InChI=1S/C15H19NO/c1-2-11-7-9-12(10-8-11)15-16-13-5-3-4-6-14(13)17-15/h3-6,11-12H,2,7-10H2,1H3. The van der Waals surface area contributed by atoms with E-state index in [1.54, 1.807) is 0 Å².